The molecule has 0 aliphatic carbocycles. The minimum absolute atomic E-state index is 0.0768. The van der Waals surface area contributed by atoms with Crippen molar-refractivity contribution in [3.63, 3.8) is 0 Å². The largest absolute Gasteiger partial charge is 0.309 e. The molecule has 0 radical (unpaired) electrons. The van der Waals surface area contributed by atoms with Gasteiger partial charge in [-0.3, -0.25) is 0 Å². The van der Waals surface area contributed by atoms with Gasteiger partial charge in [0.15, 0.2) is 0 Å². The molecule has 0 unspecified atom stereocenters. The van der Waals surface area contributed by atoms with Crippen LogP contribution in [0.15, 0.2) is 188 Å². The van der Waals surface area contributed by atoms with E-state index in [4.69, 9.17) is 9.60 Å². The molecule has 0 bridgehead atoms. The molecule has 1 aromatic heterocycles. The maximum atomic E-state index is 9.64. The van der Waals surface area contributed by atoms with Crippen LogP contribution in [0.1, 0.15) is 15.1 Å². The summed E-state index contributed by atoms with van der Waals surface area (Å²) in [4.78, 5) is 1.74. The maximum absolute atomic E-state index is 9.64. The first kappa shape index (κ1) is 19.0. The lowest BCUT2D eigenvalue weighted by Crippen LogP contribution is -2.10. The highest BCUT2D eigenvalue weighted by atomic mass is 32.1. The topological polar surface area (TPSA) is 3.24 Å². The fourth-order valence-corrected chi connectivity index (χ4v) is 7.35. The number of anilines is 3. The van der Waals surface area contributed by atoms with Crippen LogP contribution >= 0.6 is 11.3 Å². The Hall–Kier alpha value is -5.96. The molecule has 1 nitrogen and oxygen atoms in total. The second-order valence-electron chi connectivity index (χ2n) is 11.3. The number of hydrogen-bond acceptors (Lipinski definition) is 2. The quantitative estimate of drug-likeness (QED) is 0.175. The Morgan fingerprint density at radius 2 is 1.12 bits per heavy atom. The average molecular weight is 641 g/mol. The van der Waals surface area contributed by atoms with Crippen LogP contribution in [0.2, 0.25) is 0 Å². The summed E-state index contributed by atoms with van der Waals surface area (Å²) >= 11 is 1.55. The highest BCUT2D eigenvalue weighted by Crippen LogP contribution is 2.46. The first-order chi connectivity index (χ1) is 28.4. The molecule has 0 aliphatic rings. The van der Waals surface area contributed by atoms with Crippen LogP contribution in [0.3, 0.4) is 0 Å². The molecule has 0 atom stereocenters. The molecule has 2 heteroatoms. The number of fused-ring (bicyclic) bond motifs is 4. The van der Waals surface area contributed by atoms with Crippen molar-refractivity contribution in [2.24, 2.45) is 0 Å². The van der Waals surface area contributed by atoms with Gasteiger partial charge in [0.25, 0.3) is 0 Å². The van der Waals surface area contributed by atoms with E-state index in [1.165, 1.54) is 0 Å². The average Bonchev–Trinajstić information content (AvgIpc) is 3.65. The monoisotopic (exact) mass is 640 g/mol. The summed E-state index contributed by atoms with van der Waals surface area (Å²) in [7, 11) is 0. The number of rotatable bonds is 6. The standard InChI is InChI=1S/C46H31NS/c1-3-13-34(14-4-1)40-29-28-39(31-43(40)35-15-5-2-6-16-35)47(44-20-11-19-42-41-18-9-10-21-45(41)48-46(42)44)38-26-24-33(25-27-38)37-23-22-32-12-7-8-17-36(32)30-37/h1-31H/i7D,8D,12D,17D,22D,23D,24D,25D,26D,27D,30D. The number of benzene rings is 8. The second-order valence-corrected chi connectivity index (χ2v) is 12.3. The van der Waals surface area contributed by atoms with Gasteiger partial charge in [0, 0.05) is 26.8 Å². The third-order valence-electron chi connectivity index (χ3n) is 8.39. The molecule has 1 heterocycles. The van der Waals surface area contributed by atoms with E-state index in [2.05, 4.69) is 0 Å². The number of thiophene rings is 1. The van der Waals surface area contributed by atoms with Gasteiger partial charge in [-0.2, -0.15) is 0 Å². The van der Waals surface area contributed by atoms with Crippen molar-refractivity contribution in [1.82, 2.24) is 0 Å². The highest BCUT2D eigenvalue weighted by molar-refractivity contribution is 7.26. The van der Waals surface area contributed by atoms with Gasteiger partial charge in [0.05, 0.1) is 25.5 Å². The summed E-state index contributed by atoms with van der Waals surface area (Å²) in [6.45, 7) is 0. The zero-order chi connectivity index (χ0) is 41.4. The van der Waals surface area contributed by atoms with Crippen molar-refractivity contribution in [2.75, 3.05) is 4.90 Å². The van der Waals surface area contributed by atoms with Crippen LogP contribution in [-0.4, -0.2) is 0 Å². The Morgan fingerprint density at radius 1 is 0.458 bits per heavy atom. The summed E-state index contributed by atoms with van der Waals surface area (Å²) in [6, 6.07) is 33.2. The summed E-state index contributed by atoms with van der Waals surface area (Å²) in [6.07, 6.45) is 0. The molecule has 0 saturated heterocycles. The summed E-state index contributed by atoms with van der Waals surface area (Å²) in [5.41, 5.74) is 3.98. The Morgan fingerprint density at radius 3 is 1.92 bits per heavy atom. The van der Waals surface area contributed by atoms with Crippen molar-refractivity contribution >= 4 is 59.3 Å². The zero-order valence-corrected chi connectivity index (χ0v) is 26.2. The van der Waals surface area contributed by atoms with Crippen LogP contribution in [0, 0.1) is 0 Å². The Balaban J connectivity index is 1.36. The molecule has 0 spiro atoms. The van der Waals surface area contributed by atoms with Gasteiger partial charge >= 0.3 is 0 Å². The summed E-state index contributed by atoms with van der Waals surface area (Å²) < 4.78 is 100. The zero-order valence-electron chi connectivity index (χ0n) is 36.4. The molecule has 9 rings (SSSR count). The lowest BCUT2D eigenvalue weighted by molar-refractivity contribution is 1.30. The van der Waals surface area contributed by atoms with E-state index in [-0.39, 0.29) is 16.5 Å². The fourth-order valence-electron chi connectivity index (χ4n) is 6.14. The van der Waals surface area contributed by atoms with Crippen molar-refractivity contribution in [3.8, 4) is 33.4 Å². The predicted molar refractivity (Wildman–Crippen MR) is 208 cm³/mol. The van der Waals surface area contributed by atoms with Crippen LogP contribution in [0.25, 0.3) is 64.3 Å². The summed E-state index contributed by atoms with van der Waals surface area (Å²) in [5, 5.41) is 1.32. The van der Waals surface area contributed by atoms with Crippen LogP contribution in [0.4, 0.5) is 17.1 Å². The second kappa shape index (κ2) is 12.0. The highest BCUT2D eigenvalue weighted by Gasteiger charge is 2.20. The SMILES string of the molecule is [2H]c1c([2H])c(N(c2ccc(-c3ccccc3)c(-c3ccccc3)c2)c2cccc3c2sc2ccccc23)c([2H])c([2H])c1-c1c([2H])c([2H])c2c([2H])c([2H])c([2H])c([2H])c2c1[2H]. The first-order valence-corrected chi connectivity index (χ1v) is 16.3. The molecule has 226 valence electrons. The minimum Gasteiger partial charge on any atom is -0.309 e. The molecule has 48 heavy (non-hydrogen) atoms. The third-order valence-corrected chi connectivity index (χ3v) is 9.60. The van der Waals surface area contributed by atoms with Crippen LogP contribution in [0.5, 0.6) is 0 Å². The van der Waals surface area contributed by atoms with Gasteiger partial charge in [0.2, 0.25) is 0 Å². The maximum Gasteiger partial charge on any atom is 0.0645 e. The van der Waals surface area contributed by atoms with E-state index < -0.39 is 77.6 Å². The molecule has 0 aliphatic heterocycles. The minimum atomic E-state index is -0.642. The van der Waals surface area contributed by atoms with Crippen LogP contribution < -0.4 is 4.90 Å². The van der Waals surface area contributed by atoms with E-state index in [1.807, 2.05) is 121 Å². The van der Waals surface area contributed by atoms with E-state index in [0.29, 0.717) is 11.4 Å². The Bertz CT molecular complexity index is 3160. The normalized spacial score (nSPS) is 14.5. The van der Waals surface area contributed by atoms with Gasteiger partial charge < -0.3 is 4.90 Å². The fraction of sp³-hybridized carbons (Fsp3) is 0. The number of hydrogen-bond donors (Lipinski definition) is 0. The van der Waals surface area contributed by atoms with Gasteiger partial charge in [-0.1, -0.05) is 145 Å². The van der Waals surface area contributed by atoms with Crippen molar-refractivity contribution in [1.29, 1.82) is 0 Å². The molecular formula is C46H31NS. The number of nitrogens with zero attached hydrogens (tertiary/aromatic N) is 1. The van der Waals surface area contributed by atoms with Gasteiger partial charge in [-0.05, 0) is 86.5 Å². The van der Waals surface area contributed by atoms with E-state index in [9.17, 15) is 5.48 Å². The van der Waals surface area contributed by atoms with Gasteiger partial charge in [-0.15, -0.1) is 11.3 Å². The molecule has 0 amide bonds. The first-order valence-electron chi connectivity index (χ1n) is 21.0. The van der Waals surface area contributed by atoms with E-state index in [1.54, 1.807) is 16.2 Å². The van der Waals surface area contributed by atoms with Crippen molar-refractivity contribution in [2.45, 2.75) is 0 Å². The Labute approximate surface area is 300 Å². The van der Waals surface area contributed by atoms with Crippen molar-refractivity contribution in [3.05, 3.63) is 188 Å². The van der Waals surface area contributed by atoms with Gasteiger partial charge in [0.1, 0.15) is 0 Å². The summed E-state index contributed by atoms with van der Waals surface area (Å²) in [5.74, 6) is 0. The van der Waals surface area contributed by atoms with Crippen molar-refractivity contribution < 1.29 is 15.1 Å². The molecular weight excluding hydrogens is 599 g/mol. The Kier molecular flexibility index (Phi) is 4.75. The lowest BCUT2D eigenvalue weighted by atomic mass is 9.93. The third kappa shape index (κ3) is 5.04. The molecule has 8 aromatic carbocycles. The smallest absolute Gasteiger partial charge is 0.0645 e. The lowest BCUT2D eigenvalue weighted by Gasteiger charge is -2.27. The van der Waals surface area contributed by atoms with Gasteiger partial charge in [-0.25, -0.2) is 0 Å². The molecule has 0 saturated carbocycles. The van der Waals surface area contributed by atoms with E-state index in [0.717, 1.165) is 42.4 Å². The molecule has 0 N–H and O–H groups in total. The molecule has 0 fully saturated rings. The predicted octanol–water partition coefficient (Wildman–Crippen LogP) is 13.7. The van der Waals surface area contributed by atoms with Crippen LogP contribution in [-0.2, 0) is 0 Å². The molecule has 9 aromatic rings. The van der Waals surface area contributed by atoms with E-state index >= 15 is 0 Å².